The van der Waals surface area contributed by atoms with E-state index in [0.717, 1.165) is 11.1 Å². The summed E-state index contributed by atoms with van der Waals surface area (Å²) in [6.07, 6.45) is 3.80. The number of rotatable bonds is 6. The van der Waals surface area contributed by atoms with Gasteiger partial charge in [-0.2, -0.15) is 0 Å². The van der Waals surface area contributed by atoms with E-state index >= 15 is 0 Å². The molecule has 1 saturated heterocycles. The van der Waals surface area contributed by atoms with Crippen LogP contribution in [0.15, 0.2) is 65.6 Å². The van der Waals surface area contributed by atoms with Crippen LogP contribution < -0.4 is 10.0 Å². The summed E-state index contributed by atoms with van der Waals surface area (Å²) < 4.78 is 42.7. The van der Waals surface area contributed by atoms with Crippen LogP contribution in [0.1, 0.15) is 28.4 Å². The van der Waals surface area contributed by atoms with Gasteiger partial charge in [0.05, 0.1) is 27.0 Å². The summed E-state index contributed by atoms with van der Waals surface area (Å²) in [5.74, 6) is -0.680. The maximum absolute atomic E-state index is 13.8. The van der Waals surface area contributed by atoms with Crippen LogP contribution >= 0.6 is 23.2 Å². The van der Waals surface area contributed by atoms with Gasteiger partial charge in [-0.3, -0.25) is 14.4 Å². The zero-order chi connectivity index (χ0) is 27.7. The van der Waals surface area contributed by atoms with Crippen LogP contribution in [0.4, 0.5) is 15.8 Å². The summed E-state index contributed by atoms with van der Waals surface area (Å²) >= 11 is 12.3. The summed E-state index contributed by atoms with van der Waals surface area (Å²) in [7, 11) is -3.91. The highest BCUT2D eigenvalue weighted by Gasteiger charge is 2.30. The molecule has 3 aromatic carbocycles. The first kappa shape index (κ1) is 27.5. The Morgan fingerprint density at radius 3 is 2.67 bits per heavy atom. The lowest BCUT2D eigenvalue weighted by Gasteiger charge is -2.40. The second-order valence-corrected chi connectivity index (χ2v) is 12.1. The van der Waals surface area contributed by atoms with Crippen LogP contribution in [0, 0.1) is 5.82 Å². The molecule has 2 N–H and O–H groups in total. The smallest absolute Gasteiger partial charge is 0.263 e. The number of halogens is 3. The van der Waals surface area contributed by atoms with Crippen LogP contribution in [-0.4, -0.2) is 56.3 Å². The quantitative estimate of drug-likeness (QED) is 0.385. The Bertz CT molecular complexity index is 1560. The van der Waals surface area contributed by atoms with Crippen molar-refractivity contribution in [3.05, 3.63) is 93.2 Å². The molecule has 0 radical (unpaired) electrons. The van der Waals surface area contributed by atoms with Gasteiger partial charge in [0.2, 0.25) is 0 Å². The normalized spacial score (nSPS) is 17.4. The van der Waals surface area contributed by atoms with Gasteiger partial charge in [0.1, 0.15) is 10.7 Å². The monoisotopic (exact) mass is 588 g/mol. The second-order valence-electron chi connectivity index (χ2n) is 9.63. The van der Waals surface area contributed by atoms with Crippen molar-refractivity contribution in [3.8, 4) is 0 Å². The highest BCUT2D eigenvalue weighted by molar-refractivity contribution is 7.92. The number of anilines is 2. The molecule has 0 bridgehead atoms. The highest BCUT2D eigenvalue weighted by atomic mass is 35.5. The average molecular weight is 590 g/mol. The Kier molecular flexibility index (Phi) is 7.87. The molecule has 39 heavy (non-hydrogen) atoms. The topological polar surface area (TPSA) is 81.8 Å². The predicted octanol–water partition coefficient (Wildman–Crippen LogP) is 5.72. The van der Waals surface area contributed by atoms with Crippen molar-refractivity contribution in [2.45, 2.75) is 24.4 Å². The minimum absolute atomic E-state index is 0.0895. The van der Waals surface area contributed by atoms with Gasteiger partial charge >= 0.3 is 0 Å². The van der Waals surface area contributed by atoms with E-state index in [2.05, 4.69) is 14.9 Å². The van der Waals surface area contributed by atoms with E-state index in [1.165, 1.54) is 24.3 Å². The third-order valence-corrected chi connectivity index (χ3v) is 8.90. The molecule has 11 heteroatoms. The molecule has 0 unspecified atom stereocenters. The molecule has 2 aliphatic rings. The third-order valence-electron chi connectivity index (χ3n) is 6.86. The minimum Gasteiger partial charge on any atom is -0.380 e. The summed E-state index contributed by atoms with van der Waals surface area (Å²) in [5, 5.41) is 3.36. The number of hydrogen-bond acceptors (Lipinski definition) is 5. The maximum atomic E-state index is 13.8. The van der Waals surface area contributed by atoms with Crippen molar-refractivity contribution >= 4 is 56.6 Å². The highest BCUT2D eigenvalue weighted by Crippen LogP contribution is 2.31. The van der Waals surface area contributed by atoms with Crippen LogP contribution in [-0.2, 0) is 16.6 Å². The summed E-state index contributed by atoms with van der Waals surface area (Å²) in [5.41, 5.74) is 2.70. The second kappa shape index (κ2) is 11.2. The number of para-hydroxylation sites is 1. The van der Waals surface area contributed by atoms with Crippen LogP contribution in [0.5, 0.6) is 0 Å². The first-order valence-corrected chi connectivity index (χ1v) is 14.7. The summed E-state index contributed by atoms with van der Waals surface area (Å²) in [6, 6.07) is 14.3. The van der Waals surface area contributed by atoms with Crippen molar-refractivity contribution in [2.75, 3.05) is 36.2 Å². The average Bonchev–Trinajstić information content (AvgIpc) is 2.90. The molecule has 0 aliphatic carbocycles. The minimum atomic E-state index is -3.91. The molecule has 204 valence electrons. The van der Waals surface area contributed by atoms with Gasteiger partial charge in [0, 0.05) is 38.8 Å². The van der Waals surface area contributed by atoms with E-state index in [-0.39, 0.29) is 32.6 Å². The standard InChI is InChI=1S/C28H27Cl2FN4O3S/c1-18-16-34(17-19-7-10-23(29)25(31)14-19)12-13-35(18)28(36)22-9-8-21(15-24(22)30)33-39(37,38)26-6-2-4-20-5-3-11-32-27(20)26/h2-10,14-15,18,32-33H,11-13,16-17H2,1H3/t18-/m0/s1. The Hall–Kier alpha value is -3.11. The van der Waals surface area contributed by atoms with E-state index in [9.17, 15) is 17.6 Å². The Morgan fingerprint density at radius 2 is 1.92 bits per heavy atom. The lowest BCUT2D eigenvalue weighted by Crippen LogP contribution is -2.53. The van der Waals surface area contributed by atoms with Gasteiger partial charge in [0.15, 0.2) is 0 Å². The van der Waals surface area contributed by atoms with Crippen LogP contribution in [0.2, 0.25) is 10.0 Å². The van der Waals surface area contributed by atoms with Gasteiger partial charge in [0.25, 0.3) is 15.9 Å². The lowest BCUT2D eigenvalue weighted by atomic mass is 10.1. The number of sulfonamides is 1. The maximum Gasteiger partial charge on any atom is 0.263 e. The van der Waals surface area contributed by atoms with Gasteiger partial charge in [-0.05, 0) is 54.4 Å². The fraction of sp³-hybridized carbons (Fsp3) is 0.250. The zero-order valence-corrected chi connectivity index (χ0v) is 23.5. The third kappa shape index (κ3) is 5.91. The van der Waals surface area contributed by atoms with Gasteiger partial charge < -0.3 is 10.2 Å². The Balaban J connectivity index is 1.26. The van der Waals surface area contributed by atoms with Gasteiger partial charge in [-0.15, -0.1) is 0 Å². The van der Waals surface area contributed by atoms with Crippen molar-refractivity contribution in [2.24, 2.45) is 0 Å². The lowest BCUT2D eigenvalue weighted by molar-refractivity contribution is 0.0475. The van der Waals surface area contributed by atoms with E-state index in [1.54, 1.807) is 29.2 Å². The number of carbonyl (C=O) groups excluding carboxylic acids is 1. The molecule has 0 spiro atoms. The fourth-order valence-electron chi connectivity index (χ4n) is 4.94. The molecule has 2 aliphatic heterocycles. The SMILES string of the molecule is C[C@H]1CN(Cc2ccc(Cl)c(F)c2)CCN1C(=O)c1ccc(NS(=O)(=O)c2cccc3c2NCC=C3)cc1Cl. The van der Waals surface area contributed by atoms with E-state index in [1.807, 2.05) is 25.1 Å². The number of amides is 1. The first-order valence-electron chi connectivity index (χ1n) is 12.5. The predicted molar refractivity (Wildman–Crippen MR) is 153 cm³/mol. The molecular formula is C28H27Cl2FN4O3S. The molecule has 1 amide bonds. The van der Waals surface area contributed by atoms with Gasteiger partial charge in [-0.1, -0.05) is 53.6 Å². The molecule has 7 nitrogen and oxygen atoms in total. The number of carbonyl (C=O) groups is 1. The molecule has 0 aromatic heterocycles. The summed E-state index contributed by atoms with van der Waals surface area (Å²) in [4.78, 5) is 17.4. The van der Waals surface area contributed by atoms with E-state index in [0.29, 0.717) is 44.0 Å². The van der Waals surface area contributed by atoms with Crippen molar-refractivity contribution < 1.29 is 17.6 Å². The largest absolute Gasteiger partial charge is 0.380 e. The first-order chi connectivity index (χ1) is 18.6. The van der Waals surface area contributed by atoms with Crippen LogP contribution in [0.25, 0.3) is 6.08 Å². The summed E-state index contributed by atoms with van der Waals surface area (Å²) in [6.45, 7) is 4.73. The number of fused-ring (bicyclic) bond motifs is 1. The van der Waals surface area contributed by atoms with Crippen molar-refractivity contribution in [1.29, 1.82) is 0 Å². The molecule has 5 rings (SSSR count). The molecule has 2 heterocycles. The number of hydrogen-bond donors (Lipinski definition) is 2. The van der Waals surface area contributed by atoms with Crippen molar-refractivity contribution in [3.63, 3.8) is 0 Å². The zero-order valence-electron chi connectivity index (χ0n) is 21.1. The molecular weight excluding hydrogens is 562 g/mol. The molecule has 0 saturated carbocycles. The van der Waals surface area contributed by atoms with Crippen LogP contribution in [0.3, 0.4) is 0 Å². The van der Waals surface area contributed by atoms with E-state index < -0.39 is 15.8 Å². The fourth-order valence-corrected chi connectivity index (χ4v) is 6.58. The molecule has 1 atom stereocenters. The van der Waals surface area contributed by atoms with E-state index in [4.69, 9.17) is 23.2 Å². The Morgan fingerprint density at radius 1 is 1.10 bits per heavy atom. The number of nitrogens with zero attached hydrogens (tertiary/aromatic N) is 2. The van der Waals surface area contributed by atoms with Crippen molar-refractivity contribution in [1.82, 2.24) is 9.80 Å². The number of nitrogens with one attached hydrogen (secondary N) is 2. The molecule has 1 fully saturated rings. The number of benzene rings is 3. The van der Waals surface area contributed by atoms with Gasteiger partial charge in [-0.25, -0.2) is 12.8 Å². The number of piperazine rings is 1. The molecule has 3 aromatic rings. The Labute approximate surface area is 237 Å².